The molecule has 0 saturated carbocycles. The summed E-state index contributed by atoms with van der Waals surface area (Å²) in [6.07, 6.45) is 3.14. The Hall–Kier alpha value is -2.24. The molecule has 2 aromatic carbocycles. The van der Waals surface area contributed by atoms with E-state index in [0.29, 0.717) is 12.5 Å². The second-order valence-electron chi connectivity index (χ2n) is 7.28. The lowest BCUT2D eigenvalue weighted by atomic mass is 9.97. The highest BCUT2D eigenvalue weighted by molar-refractivity contribution is 7.18. The van der Waals surface area contributed by atoms with Crippen LogP contribution in [-0.4, -0.2) is 30.5 Å². The number of aromatic nitrogens is 1. The summed E-state index contributed by atoms with van der Waals surface area (Å²) in [5, 5.41) is 4.36. The van der Waals surface area contributed by atoms with Gasteiger partial charge in [0.25, 0.3) is 5.91 Å². The Bertz CT molecular complexity index is 895. The zero-order chi connectivity index (χ0) is 18.6. The highest BCUT2D eigenvalue weighted by Gasteiger charge is 2.27. The Morgan fingerprint density at radius 2 is 1.89 bits per heavy atom. The minimum atomic E-state index is 0.115. The van der Waals surface area contributed by atoms with Crippen LogP contribution < -0.4 is 10.2 Å². The molecule has 2 heterocycles. The molecule has 140 valence electrons. The number of nitrogens with one attached hydrogen (secondary N) is 2. The third-order valence-corrected chi connectivity index (χ3v) is 6.63. The molecule has 4 nitrogen and oxygen atoms in total. The maximum Gasteiger partial charge on any atom is 0.279 e. The number of fused-ring (bicyclic) bond motifs is 1. The van der Waals surface area contributed by atoms with Crippen molar-refractivity contribution in [2.75, 3.05) is 25.0 Å². The Balaban J connectivity index is 1.32. The first-order chi connectivity index (χ1) is 13.2. The van der Waals surface area contributed by atoms with Crippen LogP contribution in [0.25, 0.3) is 10.2 Å². The van der Waals surface area contributed by atoms with Gasteiger partial charge < -0.3 is 10.2 Å². The Morgan fingerprint density at radius 1 is 1.15 bits per heavy atom. The summed E-state index contributed by atoms with van der Waals surface area (Å²) >= 11 is 1.83. The number of thiazole rings is 1. The summed E-state index contributed by atoms with van der Waals surface area (Å²) < 4.78 is 1.27. The molecule has 27 heavy (non-hydrogen) atoms. The number of carbonyl (C=O) groups is 1. The van der Waals surface area contributed by atoms with Crippen molar-refractivity contribution in [3.05, 3.63) is 59.1 Å². The SMILES string of the molecule is CCc1ccccc1NC(=O)C[NH+]1CCC(c2nc3ccccc3s2)CC1. The fraction of sp³-hybridized carbons (Fsp3) is 0.364. The predicted molar refractivity (Wildman–Crippen MR) is 112 cm³/mol. The summed E-state index contributed by atoms with van der Waals surface area (Å²) in [6, 6.07) is 16.4. The number of nitrogens with zero attached hydrogens (tertiary/aromatic N) is 1. The lowest BCUT2D eigenvalue weighted by molar-refractivity contribution is -0.897. The normalized spacial score (nSPS) is 19.9. The van der Waals surface area contributed by atoms with E-state index >= 15 is 0 Å². The molecule has 2 N–H and O–H groups in total. The molecule has 0 atom stereocenters. The van der Waals surface area contributed by atoms with Crippen molar-refractivity contribution >= 4 is 33.1 Å². The average molecular weight is 381 g/mol. The summed E-state index contributed by atoms with van der Waals surface area (Å²) in [5.74, 6) is 0.652. The highest BCUT2D eigenvalue weighted by Crippen LogP contribution is 2.31. The van der Waals surface area contributed by atoms with Gasteiger partial charge in [-0.25, -0.2) is 4.98 Å². The molecule has 1 fully saturated rings. The number of para-hydroxylation sites is 2. The fourth-order valence-electron chi connectivity index (χ4n) is 3.89. The molecule has 0 unspecified atom stereocenters. The van der Waals surface area contributed by atoms with Crippen LogP contribution in [0.1, 0.15) is 36.3 Å². The van der Waals surface area contributed by atoms with E-state index in [-0.39, 0.29) is 5.91 Å². The topological polar surface area (TPSA) is 46.4 Å². The molecular formula is C22H26N3OS+. The van der Waals surface area contributed by atoms with Gasteiger partial charge in [0.2, 0.25) is 0 Å². The Kier molecular flexibility index (Phi) is 5.50. The third-order valence-electron chi connectivity index (χ3n) is 5.44. The first-order valence-corrected chi connectivity index (χ1v) is 10.6. The standard InChI is InChI=1S/C22H25N3OS/c1-2-16-7-3-4-8-18(16)23-21(26)15-25-13-11-17(12-14-25)22-24-19-9-5-6-10-20(19)27-22/h3-10,17H,2,11-15H2,1H3,(H,23,26)/p+1. The summed E-state index contributed by atoms with van der Waals surface area (Å²) in [4.78, 5) is 18.7. The molecule has 1 aliphatic rings. The Labute approximate surface area is 164 Å². The second kappa shape index (κ2) is 8.19. The number of amides is 1. The minimum Gasteiger partial charge on any atom is -0.327 e. The van der Waals surface area contributed by atoms with Crippen molar-refractivity contribution in [3.63, 3.8) is 0 Å². The first kappa shape index (κ1) is 18.1. The van der Waals surface area contributed by atoms with Crippen molar-refractivity contribution in [2.24, 2.45) is 0 Å². The molecular weight excluding hydrogens is 354 g/mol. The Morgan fingerprint density at radius 3 is 2.67 bits per heavy atom. The minimum absolute atomic E-state index is 0.115. The number of piperidine rings is 1. The predicted octanol–water partition coefficient (Wildman–Crippen LogP) is 3.26. The lowest BCUT2D eigenvalue weighted by Gasteiger charge is -2.27. The van der Waals surface area contributed by atoms with Crippen LogP contribution in [0.4, 0.5) is 5.69 Å². The van der Waals surface area contributed by atoms with Crippen LogP contribution in [0.3, 0.4) is 0 Å². The van der Waals surface area contributed by atoms with Crippen molar-refractivity contribution in [2.45, 2.75) is 32.1 Å². The van der Waals surface area contributed by atoms with Crippen LogP contribution in [-0.2, 0) is 11.2 Å². The number of hydrogen-bond donors (Lipinski definition) is 2. The van der Waals surface area contributed by atoms with E-state index in [1.54, 1.807) is 0 Å². The van der Waals surface area contributed by atoms with E-state index in [1.165, 1.54) is 20.2 Å². The smallest absolute Gasteiger partial charge is 0.279 e. The first-order valence-electron chi connectivity index (χ1n) is 9.79. The summed E-state index contributed by atoms with van der Waals surface area (Å²) in [6.45, 7) is 4.72. The highest BCUT2D eigenvalue weighted by atomic mass is 32.1. The molecule has 5 heteroatoms. The molecule has 1 saturated heterocycles. The van der Waals surface area contributed by atoms with Gasteiger partial charge in [-0.15, -0.1) is 11.3 Å². The van der Waals surface area contributed by atoms with Gasteiger partial charge >= 0.3 is 0 Å². The van der Waals surface area contributed by atoms with Gasteiger partial charge in [-0.05, 0) is 30.2 Å². The maximum atomic E-state index is 12.5. The average Bonchev–Trinajstić information content (AvgIpc) is 3.13. The lowest BCUT2D eigenvalue weighted by Crippen LogP contribution is -3.14. The van der Waals surface area contributed by atoms with Crippen LogP contribution in [0.2, 0.25) is 0 Å². The van der Waals surface area contributed by atoms with E-state index < -0.39 is 0 Å². The van der Waals surface area contributed by atoms with Gasteiger partial charge in [-0.2, -0.15) is 0 Å². The summed E-state index contributed by atoms with van der Waals surface area (Å²) in [7, 11) is 0. The molecule has 0 bridgehead atoms. The van der Waals surface area contributed by atoms with Gasteiger partial charge in [-0.1, -0.05) is 37.3 Å². The monoisotopic (exact) mass is 380 g/mol. The zero-order valence-electron chi connectivity index (χ0n) is 15.7. The molecule has 1 aromatic heterocycles. The molecule has 0 spiro atoms. The number of aryl methyl sites for hydroxylation is 1. The van der Waals surface area contributed by atoms with Crippen LogP contribution in [0.5, 0.6) is 0 Å². The maximum absolute atomic E-state index is 12.5. The molecule has 0 aliphatic carbocycles. The van der Waals surface area contributed by atoms with Crippen molar-refractivity contribution in [1.29, 1.82) is 0 Å². The molecule has 1 aliphatic heterocycles. The quantitative estimate of drug-likeness (QED) is 0.714. The van der Waals surface area contributed by atoms with Gasteiger partial charge in [0.05, 0.1) is 28.3 Å². The number of anilines is 1. The third kappa shape index (κ3) is 4.20. The fourth-order valence-corrected chi connectivity index (χ4v) is 5.02. The van der Waals surface area contributed by atoms with Gasteiger partial charge in [-0.3, -0.25) is 4.79 Å². The number of benzene rings is 2. The number of likely N-dealkylation sites (tertiary alicyclic amines) is 1. The number of quaternary nitrogens is 1. The van der Waals surface area contributed by atoms with E-state index in [9.17, 15) is 4.79 Å². The molecule has 3 aromatic rings. The molecule has 4 rings (SSSR count). The van der Waals surface area contributed by atoms with Crippen LogP contribution in [0, 0.1) is 0 Å². The van der Waals surface area contributed by atoms with Crippen molar-refractivity contribution in [1.82, 2.24) is 4.98 Å². The van der Waals surface area contributed by atoms with Gasteiger partial charge in [0.1, 0.15) is 0 Å². The molecule has 0 radical (unpaired) electrons. The largest absolute Gasteiger partial charge is 0.327 e. The number of carbonyl (C=O) groups excluding carboxylic acids is 1. The van der Waals surface area contributed by atoms with Gasteiger partial charge in [0.15, 0.2) is 6.54 Å². The van der Waals surface area contributed by atoms with E-state index in [4.69, 9.17) is 4.98 Å². The summed E-state index contributed by atoms with van der Waals surface area (Å²) in [5.41, 5.74) is 3.25. The number of rotatable bonds is 5. The number of hydrogen-bond acceptors (Lipinski definition) is 3. The van der Waals surface area contributed by atoms with Crippen molar-refractivity contribution in [3.8, 4) is 0 Å². The van der Waals surface area contributed by atoms with Crippen LogP contribution in [0.15, 0.2) is 48.5 Å². The second-order valence-corrected chi connectivity index (χ2v) is 8.34. The molecule has 1 amide bonds. The van der Waals surface area contributed by atoms with E-state index in [2.05, 4.69) is 36.5 Å². The van der Waals surface area contributed by atoms with Crippen LogP contribution >= 0.6 is 11.3 Å². The van der Waals surface area contributed by atoms with Crippen molar-refractivity contribution < 1.29 is 9.69 Å². The zero-order valence-corrected chi connectivity index (χ0v) is 16.5. The van der Waals surface area contributed by atoms with E-state index in [0.717, 1.165) is 43.6 Å². The van der Waals surface area contributed by atoms with Gasteiger partial charge in [0, 0.05) is 24.4 Å². The van der Waals surface area contributed by atoms with E-state index in [1.807, 2.05) is 35.6 Å².